The highest BCUT2D eigenvalue weighted by Gasteiger charge is 2.24. The number of benzene rings is 2. The van der Waals surface area contributed by atoms with Crippen LogP contribution in [0.25, 0.3) is 22.2 Å². The lowest BCUT2D eigenvalue weighted by Crippen LogP contribution is -2.30. The highest BCUT2D eigenvalue weighted by atomic mass is 35.5. The van der Waals surface area contributed by atoms with Gasteiger partial charge in [0.1, 0.15) is 16.8 Å². The summed E-state index contributed by atoms with van der Waals surface area (Å²) in [5, 5.41) is 10.7. The van der Waals surface area contributed by atoms with Crippen molar-refractivity contribution in [1.82, 2.24) is 19.7 Å². The third kappa shape index (κ3) is 4.11. The quantitative estimate of drug-likeness (QED) is 0.546. The van der Waals surface area contributed by atoms with Crippen LogP contribution in [-0.4, -0.2) is 61.4 Å². The van der Waals surface area contributed by atoms with Crippen LogP contribution in [0.5, 0.6) is 5.75 Å². The Morgan fingerprint density at radius 3 is 2.37 bits per heavy atom. The number of aromatic nitrogens is 3. The maximum absolute atomic E-state index is 13.0. The van der Waals surface area contributed by atoms with Gasteiger partial charge in [-0.3, -0.25) is 0 Å². The molecule has 0 atom stereocenters. The highest BCUT2D eigenvalue weighted by Crippen LogP contribution is 2.37. The van der Waals surface area contributed by atoms with E-state index in [2.05, 4.69) is 15.4 Å². The fourth-order valence-electron chi connectivity index (χ4n) is 3.16. The van der Waals surface area contributed by atoms with Gasteiger partial charge >= 0.3 is 5.97 Å². The van der Waals surface area contributed by atoms with Gasteiger partial charge in [-0.2, -0.15) is 19.7 Å². The minimum atomic E-state index is -3.69. The first-order valence-electron chi connectivity index (χ1n) is 8.98. The van der Waals surface area contributed by atoms with E-state index in [9.17, 15) is 13.2 Å². The van der Waals surface area contributed by atoms with Gasteiger partial charge in [0, 0.05) is 24.2 Å². The Hall–Kier alpha value is -2.69. The molecule has 3 aromatic rings. The van der Waals surface area contributed by atoms with E-state index in [4.69, 9.17) is 9.47 Å². The number of hydrogen-bond donors (Lipinski definition) is 1. The predicted octanol–water partition coefficient (Wildman–Crippen LogP) is 2.87. The van der Waals surface area contributed by atoms with E-state index in [0.717, 1.165) is 0 Å². The van der Waals surface area contributed by atoms with Gasteiger partial charge in [0.2, 0.25) is 10.0 Å². The Morgan fingerprint density at radius 2 is 1.77 bits per heavy atom. The van der Waals surface area contributed by atoms with E-state index in [1.807, 2.05) is 0 Å². The van der Waals surface area contributed by atoms with Crippen molar-refractivity contribution in [3.05, 3.63) is 35.9 Å². The number of rotatable bonds is 7. The van der Waals surface area contributed by atoms with Gasteiger partial charge in [-0.1, -0.05) is 13.8 Å². The van der Waals surface area contributed by atoms with Crippen LogP contribution in [0.3, 0.4) is 0 Å². The largest absolute Gasteiger partial charge is 0.496 e. The maximum Gasteiger partial charge on any atom is 0.337 e. The summed E-state index contributed by atoms with van der Waals surface area (Å²) >= 11 is 0. The molecular formula is C19H23ClN4O5S. The van der Waals surface area contributed by atoms with E-state index in [-0.39, 0.29) is 22.9 Å². The first-order chi connectivity index (χ1) is 13.9. The summed E-state index contributed by atoms with van der Waals surface area (Å²) in [6.07, 6.45) is 0. The first-order valence-corrected chi connectivity index (χ1v) is 10.4. The number of carbonyl (C=O) groups excluding carboxylic acids is 1. The lowest BCUT2D eigenvalue weighted by molar-refractivity contribution is 0.0601. The van der Waals surface area contributed by atoms with E-state index in [1.165, 1.54) is 30.7 Å². The summed E-state index contributed by atoms with van der Waals surface area (Å²) < 4.78 is 37.6. The fourth-order valence-corrected chi connectivity index (χ4v) is 4.65. The molecule has 30 heavy (non-hydrogen) atoms. The van der Waals surface area contributed by atoms with Crippen LogP contribution in [0.2, 0.25) is 0 Å². The molecule has 1 heterocycles. The van der Waals surface area contributed by atoms with Crippen molar-refractivity contribution in [2.45, 2.75) is 18.7 Å². The molecule has 0 bridgehead atoms. The number of nitrogens with zero attached hydrogens (tertiary/aromatic N) is 3. The molecular weight excluding hydrogens is 432 g/mol. The van der Waals surface area contributed by atoms with E-state index in [0.29, 0.717) is 41.0 Å². The molecule has 0 unspecified atom stereocenters. The molecule has 0 radical (unpaired) electrons. The number of H-pyrrole nitrogens is 1. The number of methoxy groups -OCH3 is 2. The lowest BCUT2D eigenvalue weighted by Gasteiger charge is -2.19. The molecule has 1 N–H and O–H groups in total. The number of fused-ring (bicyclic) bond motifs is 1. The number of ether oxygens (including phenoxy) is 2. The minimum absolute atomic E-state index is 0. The predicted molar refractivity (Wildman–Crippen MR) is 115 cm³/mol. The maximum atomic E-state index is 13.0. The molecule has 2 aromatic carbocycles. The zero-order valence-electron chi connectivity index (χ0n) is 17.0. The summed E-state index contributed by atoms with van der Waals surface area (Å²) in [4.78, 5) is 12.2. The van der Waals surface area contributed by atoms with Gasteiger partial charge in [-0.05, 0) is 30.3 Å². The molecule has 0 aliphatic carbocycles. The minimum Gasteiger partial charge on any atom is -0.496 e. The Balaban J connectivity index is 0.00000320. The number of carbonyl (C=O) groups is 1. The molecule has 0 fully saturated rings. The van der Waals surface area contributed by atoms with Crippen LogP contribution < -0.4 is 4.74 Å². The Kier molecular flexibility index (Phi) is 7.40. The average Bonchev–Trinajstić information content (AvgIpc) is 3.21. The summed E-state index contributed by atoms with van der Waals surface area (Å²) in [6, 6.07) is 7.75. The van der Waals surface area contributed by atoms with Crippen LogP contribution in [0.15, 0.2) is 35.2 Å². The number of halogens is 1. The molecule has 0 saturated heterocycles. The van der Waals surface area contributed by atoms with Crippen molar-refractivity contribution in [3.8, 4) is 16.9 Å². The van der Waals surface area contributed by atoms with Gasteiger partial charge < -0.3 is 9.47 Å². The number of sulfonamides is 1. The number of nitrogens with one attached hydrogen (secondary N) is 1. The highest BCUT2D eigenvalue weighted by molar-refractivity contribution is 7.89. The van der Waals surface area contributed by atoms with Crippen LogP contribution >= 0.6 is 12.4 Å². The van der Waals surface area contributed by atoms with Crippen molar-refractivity contribution in [2.75, 3.05) is 27.3 Å². The molecule has 0 aliphatic rings. The third-order valence-electron chi connectivity index (χ3n) is 4.65. The summed E-state index contributed by atoms with van der Waals surface area (Å²) in [6.45, 7) is 4.27. The Bertz CT molecular complexity index is 1160. The Labute approximate surface area is 180 Å². The van der Waals surface area contributed by atoms with E-state index < -0.39 is 16.0 Å². The normalized spacial score (nSPS) is 11.4. The van der Waals surface area contributed by atoms with Crippen LogP contribution in [0, 0.1) is 0 Å². The van der Waals surface area contributed by atoms with Gasteiger partial charge in [-0.25, -0.2) is 13.2 Å². The standard InChI is InChI=1S/C19H22N4O5S.ClH/c1-5-23(6-2)29(25,26)13-7-8-17(27-3)14(11-13)15-9-12(19(24)28-4)10-16-18(15)21-22-20-16;/h7-11H,5-6H2,1-4H3,(H,20,21,22);1H. The van der Waals surface area contributed by atoms with E-state index in [1.54, 1.807) is 32.0 Å². The van der Waals surface area contributed by atoms with Crippen LogP contribution in [0.1, 0.15) is 24.2 Å². The van der Waals surface area contributed by atoms with Crippen LogP contribution in [0.4, 0.5) is 0 Å². The smallest absolute Gasteiger partial charge is 0.337 e. The van der Waals surface area contributed by atoms with Gasteiger partial charge in [0.15, 0.2) is 0 Å². The van der Waals surface area contributed by atoms with Gasteiger partial charge in [-0.15, -0.1) is 12.4 Å². The van der Waals surface area contributed by atoms with Crippen LogP contribution in [-0.2, 0) is 14.8 Å². The molecule has 1 aromatic heterocycles. The molecule has 0 spiro atoms. The molecule has 162 valence electrons. The topological polar surface area (TPSA) is 114 Å². The zero-order chi connectivity index (χ0) is 21.2. The molecule has 0 saturated carbocycles. The van der Waals surface area contributed by atoms with Crippen molar-refractivity contribution < 1.29 is 22.7 Å². The van der Waals surface area contributed by atoms with Crippen molar-refractivity contribution in [1.29, 1.82) is 0 Å². The lowest BCUT2D eigenvalue weighted by atomic mass is 10.00. The zero-order valence-corrected chi connectivity index (χ0v) is 18.6. The molecule has 9 nitrogen and oxygen atoms in total. The first kappa shape index (κ1) is 23.6. The average molecular weight is 455 g/mol. The second-order valence-electron chi connectivity index (χ2n) is 6.16. The third-order valence-corrected chi connectivity index (χ3v) is 6.69. The van der Waals surface area contributed by atoms with Crippen molar-refractivity contribution in [3.63, 3.8) is 0 Å². The summed E-state index contributed by atoms with van der Waals surface area (Å²) in [5.41, 5.74) is 2.17. The fraction of sp³-hybridized carbons (Fsp3) is 0.316. The second-order valence-corrected chi connectivity index (χ2v) is 8.10. The van der Waals surface area contributed by atoms with E-state index >= 15 is 0 Å². The molecule has 0 aliphatic heterocycles. The number of aromatic amines is 1. The van der Waals surface area contributed by atoms with Gasteiger partial charge in [0.25, 0.3) is 0 Å². The number of hydrogen-bond acceptors (Lipinski definition) is 7. The van der Waals surface area contributed by atoms with Crippen molar-refractivity contribution >= 4 is 39.4 Å². The van der Waals surface area contributed by atoms with Crippen molar-refractivity contribution in [2.24, 2.45) is 0 Å². The summed E-state index contributed by atoms with van der Waals surface area (Å²) in [5.74, 6) is -0.100. The second kappa shape index (κ2) is 9.41. The Morgan fingerprint density at radius 1 is 1.07 bits per heavy atom. The molecule has 0 amide bonds. The summed E-state index contributed by atoms with van der Waals surface area (Å²) in [7, 11) is -0.913. The molecule has 3 rings (SSSR count). The van der Waals surface area contributed by atoms with Gasteiger partial charge in [0.05, 0.1) is 24.7 Å². The SMILES string of the molecule is CCN(CC)S(=O)(=O)c1ccc(OC)c(-c2cc(C(=O)OC)cc3n[nH]nc23)c1.Cl. The number of esters is 1. The monoisotopic (exact) mass is 454 g/mol. The molecule has 11 heteroatoms.